The van der Waals surface area contributed by atoms with Crippen LogP contribution >= 0.6 is 0 Å². The molecule has 4 aromatic rings. The normalized spacial score (nSPS) is 11.8. The monoisotopic (exact) mass is 440 g/mol. The first-order chi connectivity index (χ1) is 15.9. The molecule has 1 heterocycles. The number of H-pyrrole nitrogens is 1. The van der Waals surface area contributed by atoms with Gasteiger partial charge in [0.2, 0.25) is 5.91 Å². The Morgan fingerprint density at radius 1 is 0.939 bits per heavy atom. The largest absolute Gasteiger partial charge is 0.456 e. The smallest absolute Gasteiger partial charge is 0.355 e. The number of amides is 1. The Morgan fingerprint density at radius 2 is 1.64 bits per heavy atom. The zero-order valence-electron chi connectivity index (χ0n) is 19.1. The highest BCUT2D eigenvalue weighted by Gasteiger charge is 2.21. The van der Waals surface area contributed by atoms with E-state index >= 15 is 0 Å². The third kappa shape index (κ3) is 4.98. The van der Waals surface area contributed by atoms with Crippen LogP contribution in [0.4, 0.5) is 0 Å². The zero-order chi connectivity index (χ0) is 23.4. The molecule has 2 N–H and O–H groups in total. The molecule has 0 unspecified atom stereocenters. The molecule has 168 valence electrons. The summed E-state index contributed by atoms with van der Waals surface area (Å²) in [6, 6.07) is 23.7. The van der Waals surface area contributed by atoms with Crippen LogP contribution in [0.5, 0.6) is 0 Å². The minimum Gasteiger partial charge on any atom is -0.456 e. The van der Waals surface area contributed by atoms with Crippen molar-refractivity contribution in [3.05, 3.63) is 106 Å². The predicted octanol–water partition coefficient (Wildman–Crippen LogP) is 5.56. The number of rotatable bonds is 7. The van der Waals surface area contributed by atoms with E-state index in [4.69, 9.17) is 4.74 Å². The van der Waals surface area contributed by atoms with E-state index in [1.54, 1.807) is 0 Å². The van der Waals surface area contributed by atoms with E-state index in [2.05, 4.69) is 28.5 Å². The lowest BCUT2D eigenvalue weighted by Crippen LogP contribution is -2.28. The van der Waals surface area contributed by atoms with Crippen LogP contribution < -0.4 is 5.32 Å². The molecule has 0 radical (unpaired) electrons. The van der Waals surface area contributed by atoms with E-state index in [-0.39, 0.29) is 25.0 Å². The number of hydrogen-bond acceptors (Lipinski definition) is 3. The van der Waals surface area contributed by atoms with Gasteiger partial charge in [0.25, 0.3) is 0 Å². The van der Waals surface area contributed by atoms with E-state index in [1.807, 2.05) is 75.4 Å². The number of nitrogens with one attached hydrogen (secondary N) is 2. The molecule has 0 aliphatic carbocycles. The second-order valence-corrected chi connectivity index (χ2v) is 8.32. The third-order valence-electron chi connectivity index (χ3n) is 6.01. The molecule has 4 rings (SSSR count). The SMILES string of the molecule is Cc1[nH]c(C(=O)OCc2ccccc2)c(C)c1CC(=O)N[C@H](C)c1cccc2ccccc12. The second-order valence-electron chi connectivity index (χ2n) is 8.32. The molecule has 0 saturated heterocycles. The number of aryl methyl sites for hydroxylation is 1. The van der Waals surface area contributed by atoms with Gasteiger partial charge in [-0.2, -0.15) is 0 Å². The van der Waals surface area contributed by atoms with E-state index < -0.39 is 5.97 Å². The number of fused-ring (bicyclic) bond motifs is 1. The van der Waals surface area contributed by atoms with Gasteiger partial charge in [0, 0.05) is 5.69 Å². The van der Waals surface area contributed by atoms with Crippen molar-refractivity contribution in [2.75, 3.05) is 0 Å². The number of carbonyl (C=O) groups excluding carboxylic acids is 2. The van der Waals surface area contributed by atoms with Gasteiger partial charge in [-0.1, -0.05) is 72.8 Å². The Bertz CT molecular complexity index is 1290. The minimum atomic E-state index is -0.421. The summed E-state index contributed by atoms with van der Waals surface area (Å²) in [5.41, 5.74) is 4.77. The number of hydrogen-bond donors (Lipinski definition) is 2. The van der Waals surface area contributed by atoms with Crippen molar-refractivity contribution in [3.8, 4) is 0 Å². The van der Waals surface area contributed by atoms with Crippen LogP contribution in [0.3, 0.4) is 0 Å². The van der Waals surface area contributed by atoms with Gasteiger partial charge in [0.15, 0.2) is 0 Å². The number of ether oxygens (including phenoxy) is 1. The van der Waals surface area contributed by atoms with Crippen molar-refractivity contribution in [3.63, 3.8) is 0 Å². The molecule has 0 aliphatic rings. The van der Waals surface area contributed by atoms with Crippen molar-refractivity contribution >= 4 is 22.6 Å². The van der Waals surface area contributed by atoms with E-state index in [1.165, 1.54) is 0 Å². The van der Waals surface area contributed by atoms with Crippen molar-refractivity contribution in [1.82, 2.24) is 10.3 Å². The summed E-state index contributed by atoms with van der Waals surface area (Å²) in [4.78, 5) is 28.6. The van der Waals surface area contributed by atoms with Crippen LogP contribution in [-0.2, 0) is 22.6 Å². The quantitative estimate of drug-likeness (QED) is 0.370. The third-order valence-corrected chi connectivity index (χ3v) is 6.01. The highest BCUT2D eigenvalue weighted by molar-refractivity contribution is 5.91. The van der Waals surface area contributed by atoms with Crippen LogP contribution in [0.1, 0.15) is 51.4 Å². The lowest BCUT2D eigenvalue weighted by molar-refractivity contribution is -0.121. The van der Waals surface area contributed by atoms with E-state index in [9.17, 15) is 9.59 Å². The minimum absolute atomic E-state index is 0.0927. The molecule has 0 spiro atoms. The number of carbonyl (C=O) groups is 2. The molecule has 1 aromatic heterocycles. The summed E-state index contributed by atoms with van der Waals surface area (Å²) in [5.74, 6) is -0.514. The van der Waals surface area contributed by atoms with E-state index in [0.29, 0.717) is 5.69 Å². The Kier molecular flexibility index (Phi) is 6.59. The Hall–Kier alpha value is -3.86. The maximum Gasteiger partial charge on any atom is 0.355 e. The average molecular weight is 441 g/mol. The Labute approximate surface area is 193 Å². The molecule has 5 nitrogen and oxygen atoms in total. The summed E-state index contributed by atoms with van der Waals surface area (Å²) >= 11 is 0. The molecule has 1 amide bonds. The molecule has 5 heteroatoms. The van der Waals surface area contributed by atoms with Gasteiger partial charge in [-0.05, 0) is 53.8 Å². The molecule has 33 heavy (non-hydrogen) atoms. The maximum atomic E-state index is 12.9. The van der Waals surface area contributed by atoms with Crippen LogP contribution in [0.2, 0.25) is 0 Å². The topological polar surface area (TPSA) is 71.2 Å². The number of esters is 1. The van der Waals surface area contributed by atoms with E-state index in [0.717, 1.165) is 38.7 Å². The first-order valence-electron chi connectivity index (χ1n) is 11.1. The molecule has 1 atom stereocenters. The van der Waals surface area contributed by atoms with Gasteiger partial charge >= 0.3 is 5.97 Å². The first-order valence-corrected chi connectivity index (χ1v) is 11.1. The van der Waals surface area contributed by atoms with Gasteiger partial charge < -0.3 is 15.0 Å². The maximum absolute atomic E-state index is 12.9. The molecule has 0 aliphatic heterocycles. The van der Waals surface area contributed by atoms with Gasteiger partial charge in [0.1, 0.15) is 12.3 Å². The predicted molar refractivity (Wildman–Crippen MR) is 130 cm³/mol. The van der Waals surface area contributed by atoms with Crippen molar-refractivity contribution < 1.29 is 14.3 Å². The summed E-state index contributed by atoms with van der Waals surface area (Å²) in [5, 5.41) is 5.38. The molecular weight excluding hydrogens is 412 g/mol. The van der Waals surface area contributed by atoms with Crippen molar-refractivity contribution in [2.24, 2.45) is 0 Å². The average Bonchev–Trinajstić information content (AvgIpc) is 3.11. The molecule has 0 saturated carbocycles. The number of aromatic nitrogens is 1. The van der Waals surface area contributed by atoms with Crippen molar-refractivity contribution in [2.45, 2.75) is 39.8 Å². The highest BCUT2D eigenvalue weighted by Crippen LogP contribution is 2.25. The fourth-order valence-corrected chi connectivity index (χ4v) is 4.21. The fraction of sp³-hybridized carbons (Fsp3) is 0.214. The molecule has 3 aromatic carbocycles. The number of benzene rings is 3. The summed E-state index contributed by atoms with van der Waals surface area (Å²) < 4.78 is 5.46. The van der Waals surface area contributed by atoms with Crippen LogP contribution in [-0.4, -0.2) is 16.9 Å². The standard InChI is InChI=1S/C28H28N2O3/c1-18-25(20(3)30-27(18)28(32)33-17-21-10-5-4-6-11-21)16-26(31)29-19(2)23-15-9-13-22-12-7-8-14-24(22)23/h4-15,19,30H,16-17H2,1-3H3,(H,29,31)/t19-/m1/s1. The first kappa shape index (κ1) is 22.3. The lowest BCUT2D eigenvalue weighted by atomic mass is 9.99. The zero-order valence-corrected chi connectivity index (χ0v) is 19.1. The Morgan fingerprint density at radius 3 is 2.42 bits per heavy atom. The Balaban J connectivity index is 1.44. The van der Waals surface area contributed by atoms with Gasteiger partial charge in [-0.25, -0.2) is 4.79 Å². The molecular formula is C28H28N2O3. The summed E-state index contributed by atoms with van der Waals surface area (Å²) in [7, 11) is 0. The summed E-state index contributed by atoms with van der Waals surface area (Å²) in [6.45, 7) is 5.91. The highest BCUT2D eigenvalue weighted by atomic mass is 16.5. The second kappa shape index (κ2) is 9.74. The van der Waals surface area contributed by atoms with Crippen LogP contribution in [0.25, 0.3) is 10.8 Å². The fourth-order valence-electron chi connectivity index (χ4n) is 4.21. The molecule has 0 bridgehead atoms. The van der Waals surface area contributed by atoms with Crippen LogP contribution in [0, 0.1) is 13.8 Å². The van der Waals surface area contributed by atoms with Gasteiger partial charge in [0.05, 0.1) is 12.5 Å². The summed E-state index contributed by atoms with van der Waals surface area (Å²) in [6.07, 6.45) is 0.190. The van der Waals surface area contributed by atoms with Crippen molar-refractivity contribution in [1.29, 1.82) is 0 Å². The molecule has 0 fully saturated rings. The van der Waals surface area contributed by atoms with Gasteiger partial charge in [-0.15, -0.1) is 0 Å². The van der Waals surface area contributed by atoms with Crippen LogP contribution in [0.15, 0.2) is 72.8 Å². The van der Waals surface area contributed by atoms with Gasteiger partial charge in [-0.3, -0.25) is 4.79 Å². The lowest BCUT2D eigenvalue weighted by Gasteiger charge is -2.17. The number of aromatic amines is 1.